The van der Waals surface area contributed by atoms with Crippen molar-refractivity contribution in [2.75, 3.05) is 0 Å². The third-order valence-corrected chi connectivity index (χ3v) is 6.97. The Hall–Kier alpha value is -0.900. The monoisotopic (exact) mass is 363 g/mol. The van der Waals surface area contributed by atoms with Crippen LogP contribution in [0.4, 0.5) is 4.39 Å². The molecule has 4 bridgehead atoms. The fraction of sp³-hybridized carbons (Fsp3) is 0.611. The lowest BCUT2D eigenvalue weighted by atomic mass is 9.48. The fourth-order valence-corrected chi connectivity index (χ4v) is 5.93. The van der Waals surface area contributed by atoms with E-state index < -0.39 is 5.67 Å². The average molecular weight is 364 g/mol. The van der Waals surface area contributed by atoms with E-state index in [9.17, 15) is 4.39 Å². The van der Waals surface area contributed by atoms with Gasteiger partial charge in [-0.15, -0.1) is 0 Å². The number of hydrogen-bond donors (Lipinski definition) is 0. The lowest BCUT2D eigenvalue weighted by Gasteiger charge is -2.60. The van der Waals surface area contributed by atoms with Gasteiger partial charge in [0.05, 0.1) is 5.71 Å². The predicted octanol–water partition coefficient (Wildman–Crippen LogP) is 4.86. The highest BCUT2D eigenvalue weighted by Crippen LogP contribution is 2.64. The van der Waals surface area contributed by atoms with Gasteiger partial charge in [0.2, 0.25) is 0 Å². The maximum absolute atomic E-state index is 14.9. The highest BCUT2D eigenvalue weighted by molar-refractivity contribution is 9.10. The van der Waals surface area contributed by atoms with Crippen LogP contribution in [0.2, 0.25) is 0 Å². The summed E-state index contributed by atoms with van der Waals surface area (Å²) in [6.45, 7) is 0. The minimum Gasteiger partial charge on any atom is -0.388 e. The Kier molecular flexibility index (Phi) is 2.67. The molecule has 1 aliphatic heterocycles. The molecule has 4 heteroatoms. The molecule has 6 rings (SSSR count). The summed E-state index contributed by atoms with van der Waals surface area (Å²) in [4.78, 5) is 6.07. The molecule has 4 aliphatic carbocycles. The molecule has 4 saturated carbocycles. The van der Waals surface area contributed by atoms with Gasteiger partial charge in [0.25, 0.3) is 0 Å². The van der Waals surface area contributed by atoms with Gasteiger partial charge in [-0.05, 0) is 55.7 Å². The molecule has 2 nitrogen and oxygen atoms in total. The summed E-state index contributed by atoms with van der Waals surface area (Å²) in [6.07, 6.45) is 5.27. The smallest absolute Gasteiger partial charge is 0.149 e. The molecular formula is C18H19BrFNO. The van der Waals surface area contributed by atoms with E-state index in [4.69, 9.17) is 4.84 Å². The second-order valence-corrected chi connectivity index (χ2v) is 8.68. The molecule has 0 amide bonds. The quantitative estimate of drug-likeness (QED) is 0.697. The molecule has 5 atom stereocenters. The Morgan fingerprint density at radius 1 is 1.09 bits per heavy atom. The molecule has 0 aromatic heterocycles. The number of oxime groups is 1. The number of alkyl halides is 1. The van der Waals surface area contributed by atoms with Crippen LogP contribution in [0.25, 0.3) is 0 Å². The van der Waals surface area contributed by atoms with Crippen molar-refractivity contribution in [1.82, 2.24) is 0 Å². The van der Waals surface area contributed by atoms with Gasteiger partial charge in [0.15, 0.2) is 0 Å². The van der Waals surface area contributed by atoms with E-state index in [1.165, 1.54) is 0 Å². The molecule has 0 radical (unpaired) electrons. The number of benzene rings is 1. The van der Waals surface area contributed by atoms with Gasteiger partial charge in [-0.25, -0.2) is 4.39 Å². The van der Waals surface area contributed by atoms with Crippen molar-refractivity contribution in [1.29, 1.82) is 0 Å². The zero-order valence-corrected chi connectivity index (χ0v) is 14.0. The van der Waals surface area contributed by atoms with Gasteiger partial charge in [-0.3, -0.25) is 0 Å². The largest absolute Gasteiger partial charge is 0.388 e. The molecule has 22 heavy (non-hydrogen) atoms. The summed E-state index contributed by atoms with van der Waals surface area (Å²) >= 11 is 3.47. The van der Waals surface area contributed by atoms with Crippen LogP contribution >= 0.6 is 15.9 Å². The zero-order valence-electron chi connectivity index (χ0n) is 12.4. The Morgan fingerprint density at radius 2 is 1.77 bits per heavy atom. The van der Waals surface area contributed by atoms with E-state index in [1.54, 1.807) is 0 Å². The Morgan fingerprint density at radius 3 is 2.41 bits per heavy atom. The Bertz CT molecular complexity index is 640. The molecular weight excluding hydrogens is 345 g/mol. The lowest BCUT2D eigenvalue weighted by Crippen LogP contribution is -2.62. The maximum Gasteiger partial charge on any atom is 0.149 e. The number of hydrogen-bond acceptors (Lipinski definition) is 2. The van der Waals surface area contributed by atoms with Crippen LogP contribution in [-0.4, -0.2) is 17.0 Å². The van der Waals surface area contributed by atoms with E-state index in [-0.39, 0.29) is 5.60 Å². The molecule has 5 aliphatic rings. The summed E-state index contributed by atoms with van der Waals surface area (Å²) in [6, 6.07) is 8.24. The minimum atomic E-state index is -0.911. The first-order valence-corrected chi connectivity index (χ1v) is 9.06. The predicted molar refractivity (Wildman–Crippen MR) is 86.5 cm³/mol. The fourth-order valence-electron chi connectivity index (χ4n) is 5.66. The highest BCUT2D eigenvalue weighted by Gasteiger charge is 2.66. The standard InChI is InChI=1S/C18H19BrFNO/c19-15-3-1-12(2-4-15)16-10-18(22-21-16)13-5-11-6-14(18)9-17(20,7-11)8-13/h1-4,11,13-14H,5-10H2/t11?,13-,14+,17?,18?. The summed E-state index contributed by atoms with van der Waals surface area (Å²) in [5.41, 5.74) is 1.04. The van der Waals surface area contributed by atoms with E-state index >= 15 is 0 Å². The van der Waals surface area contributed by atoms with Crippen LogP contribution in [-0.2, 0) is 4.84 Å². The third-order valence-electron chi connectivity index (χ3n) is 6.44. The van der Waals surface area contributed by atoms with Gasteiger partial charge in [-0.1, -0.05) is 33.2 Å². The van der Waals surface area contributed by atoms with Crippen molar-refractivity contribution in [3.63, 3.8) is 0 Å². The molecule has 1 spiro atoms. The summed E-state index contributed by atoms with van der Waals surface area (Å²) < 4.78 is 16.0. The number of nitrogens with zero attached hydrogens (tertiary/aromatic N) is 1. The molecule has 116 valence electrons. The average Bonchev–Trinajstić information content (AvgIpc) is 2.90. The second kappa shape index (κ2) is 4.34. The normalized spacial score (nSPS) is 45.2. The van der Waals surface area contributed by atoms with Gasteiger partial charge in [0, 0.05) is 22.7 Å². The van der Waals surface area contributed by atoms with Crippen molar-refractivity contribution in [2.45, 2.75) is 49.8 Å². The van der Waals surface area contributed by atoms with E-state index in [0.29, 0.717) is 30.6 Å². The maximum atomic E-state index is 14.9. The van der Waals surface area contributed by atoms with Crippen molar-refractivity contribution >= 4 is 21.6 Å². The van der Waals surface area contributed by atoms with Crippen molar-refractivity contribution in [2.24, 2.45) is 22.9 Å². The van der Waals surface area contributed by atoms with Gasteiger partial charge in [0.1, 0.15) is 11.3 Å². The molecule has 4 fully saturated rings. The van der Waals surface area contributed by atoms with E-state index in [1.807, 2.05) is 12.1 Å². The van der Waals surface area contributed by atoms with Gasteiger partial charge >= 0.3 is 0 Å². The summed E-state index contributed by atoms with van der Waals surface area (Å²) in [5, 5.41) is 4.44. The molecule has 0 N–H and O–H groups in total. The van der Waals surface area contributed by atoms with Crippen molar-refractivity contribution in [3.05, 3.63) is 34.3 Å². The Labute approximate surface area is 138 Å². The van der Waals surface area contributed by atoms with Crippen LogP contribution in [0.3, 0.4) is 0 Å². The Balaban J connectivity index is 1.45. The number of halogens is 2. The van der Waals surface area contributed by atoms with Gasteiger partial charge < -0.3 is 4.84 Å². The molecule has 0 saturated heterocycles. The van der Waals surface area contributed by atoms with E-state index in [0.717, 1.165) is 41.4 Å². The third kappa shape index (κ3) is 1.79. The van der Waals surface area contributed by atoms with Crippen molar-refractivity contribution in [3.8, 4) is 0 Å². The van der Waals surface area contributed by atoms with Crippen LogP contribution in [0, 0.1) is 17.8 Å². The van der Waals surface area contributed by atoms with E-state index in [2.05, 4.69) is 33.2 Å². The first kappa shape index (κ1) is 13.5. The highest BCUT2D eigenvalue weighted by atomic mass is 79.9. The first-order valence-electron chi connectivity index (χ1n) is 8.26. The summed E-state index contributed by atoms with van der Waals surface area (Å²) in [7, 11) is 0. The van der Waals surface area contributed by atoms with Gasteiger partial charge in [-0.2, -0.15) is 0 Å². The topological polar surface area (TPSA) is 21.6 Å². The minimum absolute atomic E-state index is 0.213. The molecule has 3 unspecified atom stereocenters. The second-order valence-electron chi connectivity index (χ2n) is 7.76. The molecule has 1 heterocycles. The SMILES string of the molecule is FC12CC3C[C@H](C1)C1(CC(c4ccc(Br)cc4)=NO1)[C@@H](C3)C2. The van der Waals surface area contributed by atoms with Crippen LogP contribution in [0.15, 0.2) is 33.9 Å². The molecule has 1 aromatic carbocycles. The lowest BCUT2D eigenvalue weighted by molar-refractivity contribution is -0.217. The molecule has 1 aromatic rings. The van der Waals surface area contributed by atoms with Crippen LogP contribution < -0.4 is 0 Å². The van der Waals surface area contributed by atoms with Crippen molar-refractivity contribution < 1.29 is 9.23 Å². The van der Waals surface area contributed by atoms with Crippen LogP contribution in [0.1, 0.15) is 44.1 Å². The zero-order chi connectivity index (χ0) is 14.9. The first-order chi connectivity index (χ1) is 10.6. The van der Waals surface area contributed by atoms with Crippen LogP contribution in [0.5, 0.6) is 0 Å². The number of rotatable bonds is 1. The summed E-state index contributed by atoms with van der Waals surface area (Å²) in [5.74, 6) is 1.27.